The van der Waals surface area contributed by atoms with Crippen LogP contribution in [0.3, 0.4) is 0 Å². The molecule has 2 heterocycles. The molecule has 2 amide bonds. The average molecular weight is 379 g/mol. The zero-order chi connectivity index (χ0) is 19.5. The Balaban J connectivity index is 1.49. The molecule has 0 radical (unpaired) electrons. The third-order valence-electron chi connectivity index (χ3n) is 5.63. The minimum Gasteiger partial charge on any atom is -0.481 e. The first-order chi connectivity index (χ1) is 13.7. The summed E-state index contributed by atoms with van der Waals surface area (Å²) in [7, 11) is 1.59. The van der Waals surface area contributed by atoms with Crippen LogP contribution in [0.15, 0.2) is 42.6 Å². The number of carbonyl (C=O) groups excluding carboxylic acids is 2. The number of hydrogen-bond acceptors (Lipinski definition) is 4. The summed E-state index contributed by atoms with van der Waals surface area (Å²) in [5.41, 5.74) is 2.72. The molecule has 1 aliphatic carbocycles. The third-order valence-corrected chi connectivity index (χ3v) is 5.63. The van der Waals surface area contributed by atoms with Crippen LogP contribution in [-0.2, 0) is 4.79 Å². The van der Waals surface area contributed by atoms with Crippen molar-refractivity contribution in [2.24, 2.45) is 0 Å². The van der Waals surface area contributed by atoms with Gasteiger partial charge in [-0.2, -0.15) is 0 Å². The molecule has 0 spiro atoms. The highest BCUT2D eigenvalue weighted by Crippen LogP contribution is 2.33. The van der Waals surface area contributed by atoms with E-state index in [1.165, 1.54) is 0 Å². The highest BCUT2D eigenvalue weighted by molar-refractivity contribution is 5.95. The normalized spacial score (nSPS) is 17.2. The van der Waals surface area contributed by atoms with Gasteiger partial charge in [0.05, 0.1) is 7.11 Å². The van der Waals surface area contributed by atoms with Crippen LogP contribution in [0.2, 0.25) is 0 Å². The molecule has 6 nitrogen and oxygen atoms in total. The van der Waals surface area contributed by atoms with Crippen LogP contribution in [-0.4, -0.2) is 59.4 Å². The minimum atomic E-state index is 0.103. The van der Waals surface area contributed by atoms with E-state index in [1.54, 1.807) is 18.2 Å². The Hall–Kier alpha value is -2.89. The molecule has 2 aliphatic rings. The number of rotatable bonds is 6. The molecule has 4 rings (SSSR count). The quantitative estimate of drug-likeness (QED) is 0.724. The van der Waals surface area contributed by atoms with Crippen molar-refractivity contribution in [3.8, 4) is 17.0 Å². The Morgan fingerprint density at radius 1 is 1.04 bits per heavy atom. The van der Waals surface area contributed by atoms with E-state index in [1.807, 2.05) is 36.4 Å². The Labute approximate surface area is 165 Å². The maximum Gasteiger partial charge on any atom is 0.254 e. The number of methoxy groups -OCH3 is 1. The van der Waals surface area contributed by atoms with E-state index >= 15 is 0 Å². The molecule has 1 aromatic carbocycles. The maximum absolute atomic E-state index is 13.2. The second-order valence-corrected chi connectivity index (χ2v) is 7.48. The fourth-order valence-electron chi connectivity index (χ4n) is 3.88. The summed E-state index contributed by atoms with van der Waals surface area (Å²) in [6.07, 6.45) is 6.55. The molecule has 0 unspecified atom stereocenters. The van der Waals surface area contributed by atoms with Crippen LogP contribution in [0.25, 0.3) is 11.1 Å². The van der Waals surface area contributed by atoms with E-state index in [0.717, 1.165) is 61.9 Å². The first-order valence-electron chi connectivity index (χ1n) is 9.82. The standard InChI is InChI=1S/C22H25N3O3/c1-28-21-9-6-18(14-23-21)16-2-4-17(5-3-16)22(27)25(19-7-8-19)20-10-12-24(15-26)13-11-20/h2-6,9,14-15,19-20H,7-8,10-13H2,1H3. The summed E-state index contributed by atoms with van der Waals surface area (Å²) < 4.78 is 5.10. The van der Waals surface area contributed by atoms with Crippen LogP contribution < -0.4 is 4.74 Å². The summed E-state index contributed by atoms with van der Waals surface area (Å²) in [5, 5.41) is 0. The molecular weight excluding hydrogens is 354 g/mol. The topological polar surface area (TPSA) is 62.7 Å². The van der Waals surface area contributed by atoms with Crippen LogP contribution in [0.1, 0.15) is 36.0 Å². The van der Waals surface area contributed by atoms with Crippen molar-refractivity contribution in [1.29, 1.82) is 0 Å². The number of aromatic nitrogens is 1. The van der Waals surface area contributed by atoms with E-state index in [-0.39, 0.29) is 11.9 Å². The van der Waals surface area contributed by atoms with Crippen molar-refractivity contribution < 1.29 is 14.3 Å². The summed E-state index contributed by atoms with van der Waals surface area (Å²) in [4.78, 5) is 32.3. The first kappa shape index (κ1) is 18.5. The second kappa shape index (κ2) is 8.00. The number of amides is 2. The lowest BCUT2D eigenvalue weighted by Gasteiger charge is -2.37. The molecule has 0 atom stereocenters. The lowest BCUT2D eigenvalue weighted by Crippen LogP contribution is -2.48. The van der Waals surface area contributed by atoms with E-state index in [4.69, 9.17) is 4.74 Å². The Morgan fingerprint density at radius 3 is 2.21 bits per heavy atom. The molecule has 6 heteroatoms. The van der Waals surface area contributed by atoms with Gasteiger partial charge in [0, 0.05) is 48.6 Å². The van der Waals surface area contributed by atoms with Gasteiger partial charge >= 0.3 is 0 Å². The molecule has 1 aromatic heterocycles. The second-order valence-electron chi connectivity index (χ2n) is 7.48. The zero-order valence-electron chi connectivity index (χ0n) is 16.1. The van der Waals surface area contributed by atoms with Gasteiger partial charge in [-0.15, -0.1) is 0 Å². The zero-order valence-corrected chi connectivity index (χ0v) is 16.1. The fraction of sp³-hybridized carbons (Fsp3) is 0.409. The monoisotopic (exact) mass is 379 g/mol. The maximum atomic E-state index is 13.2. The molecule has 1 aliphatic heterocycles. The van der Waals surface area contributed by atoms with Gasteiger partial charge in [0.15, 0.2) is 0 Å². The number of carbonyl (C=O) groups is 2. The predicted octanol–water partition coefficient (Wildman–Crippen LogP) is 2.98. The minimum absolute atomic E-state index is 0.103. The molecule has 146 valence electrons. The Bertz CT molecular complexity index is 823. The number of nitrogens with zero attached hydrogens (tertiary/aromatic N) is 3. The number of ether oxygens (including phenoxy) is 1. The van der Waals surface area contributed by atoms with E-state index < -0.39 is 0 Å². The van der Waals surface area contributed by atoms with Crippen molar-refractivity contribution in [3.05, 3.63) is 48.2 Å². The number of benzene rings is 1. The van der Waals surface area contributed by atoms with Crippen molar-refractivity contribution in [1.82, 2.24) is 14.8 Å². The smallest absolute Gasteiger partial charge is 0.254 e. The van der Waals surface area contributed by atoms with Gasteiger partial charge in [-0.05, 0) is 49.4 Å². The van der Waals surface area contributed by atoms with Gasteiger partial charge in [0.25, 0.3) is 5.91 Å². The van der Waals surface area contributed by atoms with Crippen LogP contribution >= 0.6 is 0 Å². The van der Waals surface area contributed by atoms with Crippen LogP contribution in [0.5, 0.6) is 5.88 Å². The lowest BCUT2D eigenvalue weighted by molar-refractivity contribution is -0.119. The molecular formula is C22H25N3O3. The number of hydrogen-bond donors (Lipinski definition) is 0. The predicted molar refractivity (Wildman–Crippen MR) is 106 cm³/mol. The average Bonchev–Trinajstić information content (AvgIpc) is 3.59. The number of pyridine rings is 1. The van der Waals surface area contributed by atoms with Crippen molar-refractivity contribution in [2.75, 3.05) is 20.2 Å². The third kappa shape index (κ3) is 3.86. The van der Waals surface area contributed by atoms with E-state index in [2.05, 4.69) is 9.88 Å². The molecule has 28 heavy (non-hydrogen) atoms. The molecule has 2 aromatic rings. The largest absolute Gasteiger partial charge is 0.481 e. The molecule has 0 bridgehead atoms. The van der Waals surface area contributed by atoms with Crippen molar-refractivity contribution in [2.45, 2.75) is 37.8 Å². The van der Waals surface area contributed by atoms with E-state index in [9.17, 15) is 9.59 Å². The highest BCUT2D eigenvalue weighted by atomic mass is 16.5. The number of likely N-dealkylation sites (tertiary alicyclic amines) is 1. The van der Waals surface area contributed by atoms with Crippen LogP contribution in [0, 0.1) is 0 Å². The van der Waals surface area contributed by atoms with Gasteiger partial charge in [-0.1, -0.05) is 12.1 Å². The van der Waals surface area contributed by atoms with Gasteiger partial charge in [0.2, 0.25) is 12.3 Å². The summed E-state index contributed by atoms with van der Waals surface area (Å²) in [6.45, 7) is 1.46. The molecule has 1 saturated heterocycles. The van der Waals surface area contributed by atoms with E-state index in [0.29, 0.717) is 11.9 Å². The van der Waals surface area contributed by atoms with Gasteiger partial charge in [-0.25, -0.2) is 4.98 Å². The first-order valence-corrected chi connectivity index (χ1v) is 9.82. The van der Waals surface area contributed by atoms with Gasteiger partial charge < -0.3 is 14.5 Å². The lowest BCUT2D eigenvalue weighted by atomic mass is 10.0. The van der Waals surface area contributed by atoms with Gasteiger partial charge in [-0.3, -0.25) is 9.59 Å². The highest BCUT2D eigenvalue weighted by Gasteiger charge is 2.38. The number of piperidine rings is 1. The SMILES string of the molecule is COc1ccc(-c2ccc(C(=O)N(C3CC3)C3CCN(C=O)CC3)cc2)cn1. The molecule has 2 fully saturated rings. The Morgan fingerprint density at radius 2 is 1.68 bits per heavy atom. The van der Waals surface area contributed by atoms with Crippen molar-refractivity contribution in [3.63, 3.8) is 0 Å². The fourth-order valence-corrected chi connectivity index (χ4v) is 3.88. The van der Waals surface area contributed by atoms with Crippen molar-refractivity contribution >= 4 is 12.3 Å². The van der Waals surface area contributed by atoms with Gasteiger partial charge in [0.1, 0.15) is 0 Å². The summed E-state index contributed by atoms with van der Waals surface area (Å²) in [6, 6.07) is 12.1. The van der Waals surface area contributed by atoms with Crippen LogP contribution in [0.4, 0.5) is 0 Å². The summed E-state index contributed by atoms with van der Waals surface area (Å²) >= 11 is 0. The molecule has 0 N–H and O–H groups in total. The molecule has 1 saturated carbocycles. The summed E-state index contributed by atoms with van der Waals surface area (Å²) in [5.74, 6) is 0.683. The Kier molecular flexibility index (Phi) is 5.28.